The Morgan fingerprint density at radius 1 is 0.941 bits per heavy atom. The molecular weight excluding hydrogens is 232 g/mol. The molecule has 0 amide bonds. The number of hydrogen-bond donors (Lipinski definition) is 2. The zero-order valence-electron chi connectivity index (χ0n) is 9.92. The highest BCUT2D eigenvalue weighted by atomic mass is 16.6. The topological polar surface area (TPSA) is 102 Å². The summed E-state index contributed by atoms with van der Waals surface area (Å²) in [5, 5.41) is 17.7. The van der Waals surface area contributed by atoms with Crippen LogP contribution in [0.3, 0.4) is 0 Å². The Balaban J connectivity index is 3.84. The van der Waals surface area contributed by atoms with E-state index in [1.165, 1.54) is 13.8 Å². The van der Waals surface area contributed by atoms with Gasteiger partial charge in [-0.25, -0.2) is 0 Å². The van der Waals surface area contributed by atoms with Gasteiger partial charge in [-0.15, -0.1) is 0 Å². The molecule has 0 aromatic heterocycles. The highest BCUT2D eigenvalue weighted by Gasteiger charge is 2.14. The van der Waals surface area contributed by atoms with E-state index in [9.17, 15) is 9.59 Å². The lowest BCUT2D eigenvalue weighted by Crippen LogP contribution is -2.31. The normalized spacial score (nSPS) is 13.9. The highest BCUT2D eigenvalue weighted by molar-refractivity contribution is 5.66. The van der Waals surface area contributed by atoms with Crippen molar-refractivity contribution in [2.24, 2.45) is 0 Å². The summed E-state index contributed by atoms with van der Waals surface area (Å²) in [6.45, 7) is 1.64. The van der Waals surface area contributed by atoms with Gasteiger partial charge in [-0.2, -0.15) is 0 Å². The van der Waals surface area contributed by atoms with Gasteiger partial charge in [-0.05, 0) is 0 Å². The van der Waals surface area contributed by atoms with Gasteiger partial charge in [-0.1, -0.05) is 0 Å². The molecule has 17 heavy (non-hydrogen) atoms. The van der Waals surface area contributed by atoms with Gasteiger partial charge in [-0.3, -0.25) is 9.59 Å². The predicted octanol–water partition coefficient (Wildman–Crippen LogP) is -1.15. The molecule has 0 fully saturated rings. The summed E-state index contributed by atoms with van der Waals surface area (Å²) in [7, 11) is 0. The molecular formula is C10H18O7. The second-order valence-electron chi connectivity index (χ2n) is 3.37. The standard InChI is InChI=1S/C10H18O7/c1-7(13)16-9(3-11)5-15-6-10(4-12)17-8(2)14/h9-12H,3-6H2,1-2H3. The van der Waals surface area contributed by atoms with E-state index in [2.05, 4.69) is 0 Å². The van der Waals surface area contributed by atoms with Crippen molar-refractivity contribution in [1.82, 2.24) is 0 Å². The van der Waals surface area contributed by atoms with E-state index < -0.39 is 24.1 Å². The third-order valence-corrected chi connectivity index (χ3v) is 1.68. The van der Waals surface area contributed by atoms with Crippen LogP contribution in [0.5, 0.6) is 0 Å². The van der Waals surface area contributed by atoms with E-state index in [0.717, 1.165) is 0 Å². The van der Waals surface area contributed by atoms with E-state index in [0.29, 0.717) is 0 Å². The van der Waals surface area contributed by atoms with Gasteiger partial charge < -0.3 is 24.4 Å². The lowest BCUT2D eigenvalue weighted by atomic mass is 10.4. The maximum absolute atomic E-state index is 10.6. The van der Waals surface area contributed by atoms with E-state index in [1.807, 2.05) is 0 Å². The predicted molar refractivity (Wildman–Crippen MR) is 56.1 cm³/mol. The minimum Gasteiger partial charge on any atom is -0.458 e. The fourth-order valence-corrected chi connectivity index (χ4v) is 1.05. The Morgan fingerprint density at radius 3 is 1.53 bits per heavy atom. The molecule has 100 valence electrons. The Labute approximate surface area is 99.3 Å². The largest absolute Gasteiger partial charge is 0.458 e. The quantitative estimate of drug-likeness (QED) is 0.524. The van der Waals surface area contributed by atoms with Crippen LogP contribution in [0.15, 0.2) is 0 Å². The fraction of sp³-hybridized carbons (Fsp3) is 0.800. The molecule has 2 unspecified atom stereocenters. The Bertz CT molecular complexity index is 217. The van der Waals surface area contributed by atoms with Crippen molar-refractivity contribution in [2.45, 2.75) is 26.1 Å². The number of carbonyl (C=O) groups excluding carboxylic acids is 2. The number of aliphatic hydroxyl groups is 2. The molecule has 0 rings (SSSR count). The molecule has 0 aliphatic heterocycles. The first-order chi connectivity index (χ1) is 7.99. The Kier molecular flexibility index (Phi) is 8.29. The van der Waals surface area contributed by atoms with E-state index in [-0.39, 0.29) is 26.4 Å². The minimum atomic E-state index is -0.760. The SMILES string of the molecule is CC(=O)OC(CO)COCC(CO)OC(C)=O. The average Bonchev–Trinajstić information content (AvgIpc) is 2.25. The van der Waals surface area contributed by atoms with Gasteiger partial charge in [0.2, 0.25) is 0 Å². The van der Waals surface area contributed by atoms with Crippen molar-refractivity contribution >= 4 is 11.9 Å². The first-order valence-electron chi connectivity index (χ1n) is 5.13. The van der Waals surface area contributed by atoms with Crippen LogP contribution in [0.1, 0.15) is 13.8 Å². The molecule has 0 saturated heterocycles. The minimum absolute atomic E-state index is 0.0339. The third-order valence-electron chi connectivity index (χ3n) is 1.68. The molecule has 0 heterocycles. The number of ether oxygens (including phenoxy) is 3. The van der Waals surface area contributed by atoms with Crippen molar-refractivity contribution in [3.63, 3.8) is 0 Å². The molecule has 2 N–H and O–H groups in total. The van der Waals surface area contributed by atoms with Gasteiger partial charge >= 0.3 is 11.9 Å². The molecule has 7 nitrogen and oxygen atoms in total. The van der Waals surface area contributed by atoms with Gasteiger partial charge in [0.15, 0.2) is 0 Å². The average molecular weight is 250 g/mol. The van der Waals surface area contributed by atoms with Crippen LogP contribution in [0.2, 0.25) is 0 Å². The van der Waals surface area contributed by atoms with Gasteiger partial charge in [0, 0.05) is 13.8 Å². The molecule has 0 aliphatic rings. The summed E-state index contributed by atoms with van der Waals surface area (Å²) in [6, 6.07) is 0. The molecule has 0 bridgehead atoms. The van der Waals surface area contributed by atoms with Crippen LogP contribution < -0.4 is 0 Å². The van der Waals surface area contributed by atoms with Crippen LogP contribution in [0.4, 0.5) is 0 Å². The fourth-order valence-electron chi connectivity index (χ4n) is 1.05. The zero-order chi connectivity index (χ0) is 13.3. The summed E-state index contributed by atoms with van der Waals surface area (Å²) < 4.78 is 14.5. The summed E-state index contributed by atoms with van der Waals surface area (Å²) >= 11 is 0. The van der Waals surface area contributed by atoms with Gasteiger partial charge in [0.25, 0.3) is 0 Å². The zero-order valence-corrected chi connectivity index (χ0v) is 9.92. The molecule has 0 radical (unpaired) electrons. The molecule has 0 aromatic rings. The third kappa shape index (κ3) is 8.61. The van der Waals surface area contributed by atoms with Crippen molar-refractivity contribution in [2.75, 3.05) is 26.4 Å². The maximum atomic E-state index is 10.6. The van der Waals surface area contributed by atoms with Crippen molar-refractivity contribution in [3.8, 4) is 0 Å². The van der Waals surface area contributed by atoms with Crippen LogP contribution in [-0.2, 0) is 23.8 Å². The summed E-state index contributed by atoms with van der Waals surface area (Å²) in [6.07, 6.45) is -1.52. The Morgan fingerprint density at radius 2 is 1.29 bits per heavy atom. The van der Waals surface area contributed by atoms with Crippen LogP contribution >= 0.6 is 0 Å². The van der Waals surface area contributed by atoms with Crippen molar-refractivity contribution in [1.29, 1.82) is 0 Å². The smallest absolute Gasteiger partial charge is 0.303 e. The molecule has 7 heteroatoms. The number of rotatable bonds is 8. The molecule has 0 aromatic carbocycles. The lowest BCUT2D eigenvalue weighted by Gasteiger charge is -2.17. The van der Waals surface area contributed by atoms with Crippen LogP contribution in [-0.4, -0.2) is 60.8 Å². The summed E-state index contributed by atoms with van der Waals surface area (Å²) in [5.41, 5.74) is 0. The van der Waals surface area contributed by atoms with Crippen molar-refractivity contribution < 1.29 is 34.0 Å². The second kappa shape index (κ2) is 8.91. The molecule has 0 aliphatic carbocycles. The number of esters is 2. The lowest BCUT2D eigenvalue weighted by molar-refractivity contribution is -0.157. The summed E-state index contributed by atoms with van der Waals surface area (Å²) in [5.74, 6) is -1.04. The number of hydrogen-bond acceptors (Lipinski definition) is 7. The molecule has 0 spiro atoms. The van der Waals surface area contributed by atoms with E-state index in [4.69, 9.17) is 24.4 Å². The van der Waals surface area contributed by atoms with E-state index >= 15 is 0 Å². The number of carbonyl (C=O) groups is 2. The van der Waals surface area contributed by atoms with E-state index in [1.54, 1.807) is 0 Å². The second-order valence-corrected chi connectivity index (χ2v) is 3.37. The van der Waals surface area contributed by atoms with Crippen LogP contribution in [0.25, 0.3) is 0 Å². The van der Waals surface area contributed by atoms with Crippen LogP contribution in [0, 0.1) is 0 Å². The maximum Gasteiger partial charge on any atom is 0.303 e. The van der Waals surface area contributed by atoms with Gasteiger partial charge in [0.05, 0.1) is 26.4 Å². The first kappa shape index (κ1) is 15.8. The van der Waals surface area contributed by atoms with Crippen molar-refractivity contribution in [3.05, 3.63) is 0 Å². The molecule has 0 saturated carbocycles. The monoisotopic (exact) mass is 250 g/mol. The highest BCUT2D eigenvalue weighted by Crippen LogP contribution is 1.97. The number of aliphatic hydroxyl groups excluding tert-OH is 2. The van der Waals surface area contributed by atoms with Gasteiger partial charge in [0.1, 0.15) is 12.2 Å². The molecule has 2 atom stereocenters. The first-order valence-corrected chi connectivity index (χ1v) is 5.13. The Hall–Kier alpha value is -1.18. The summed E-state index contributed by atoms with van der Waals surface area (Å²) in [4.78, 5) is 21.2.